The van der Waals surface area contributed by atoms with Crippen molar-refractivity contribution in [1.29, 1.82) is 0 Å². The molecule has 0 atom stereocenters. The number of nitrogens with zero attached hydrogens (tertiary/aromatic N) is 1. The standard InChI is InChI=1S/C7H14F2N2/c1-7(8,9)6-2-4-11(10)5-3-6/h6H,2-5,10H2,1H3. The smallest absolute Gasteiger partial charge is 0.248 e. The molecule has 0 radical (unpaired) electrons. The molecule has 1 fully saturated rings. The predicted molar refractivity (Wildman–Crippen MR) is 39.1 cm³/mol. The summed E-state index contributed by atoms with van der Waals surface area (Å²) < 4.78 is 25.4. The molecule has 1 aliphatic heterocycles. The van der Waals surface area contributed by atoms with Gasteiger partial charge in [0.15, 0.2) is 0 Å². The molecular weight excluding hydrogens is 150 g/mol. The second-order valence-electron chi connectivity index (χ2n) is 3.27. The van der Waals surface area contributed by atoms with Crippen LogP contribution in [0.5, 0.6) is 0 Å². The van der Waals surface area contributed by atoms with Gasteiger partial charge in [0.05, 0.1) is 0 Å². The number of rotatable bonds is 1. The fourth-order valence-corrected chi connectivity index (χ4v) is 1.41. The molecule has 11 heavy (non-hydrogen) atoms. The van der Waals surface area contributed by atoms with E-state index in [1.807, 2.05) is 0 Å². The van der Waals surface area contributed by atoms with Gasteiger partial charge in [-0.05, 0) is 19.8 Å². The van der Waals surface area contributed by atoms with E-state index in [9.17, 15) is 8.78 Å². The third-order valence-corrected chi connectivity index (χ3v) is 2.25. The lowest BCUT2D eigenvalue weighted by atomic mass is 9.92. The number of hydrazine groups is 1. The van der Waals surface area contributed by atoms with E-state index in [1.54, 1.807) is 5.01 Å². The van der Waals surface area contributed by atoms with Gasteiger partial charge < -0.3 is 0 Å². The maximum absolute atomic E-state index is 12.7. The Kier molecular flexibility index (Phi) is 2.44. The van der Waals surface area contributed by atoms with Crippen molar-refractivity contribution in [3.63, 3.8) is 0 Å². The van der Waals surface area contributed by atoms with Crippen molar-refractivity contribution in [2.24, 2.45) is 11.8 Å². The normalized spacial score (nSPS) is 24.0. The highest BCUT2D eigenvalue weighted by atomic mass is 19.3. The lowest BCUT2D eigenvalue weighted by Crippen LogP contribution is -2.42. The molecule has 4 heteroatoms. The molecule has 0 unspecified atom stereocenters. The minimum absolute atomic E-state index is 0.470. The van der Waals surface area contributed by atoms with E-state index in [1.165, 1.54) is 0 Å². The van der Waals surface area contributed by atoms with Gasteiger partial charge in [-0.15, -0.1) is 0 Å². The minimum Gasteiger partial charge on any atom is -0.269 e. The number of hydrogen-bond acceptors (Lipinski definition) is 2. The van der Waals surface area contributed by atoms with Crippen molar-refractivity contribution < 1.29 is 8.78 Å². The monoisotopic (exact) mass is 164 g/mol. The van der Waals surface area contributed by atoms with Crippen molar-refractivity contribution in [2.75, 3.05) is 13.1 Å². The van der Waals surface area contributed by atoms with E-state index < -0.39 is 11.8 Å². The molecule has 1 rings (SSSR count). The van der Waals surface area contributed by atoms with Gasteiger partial charge in [0.2, 0.25) is 5.92 Å². The first kappa shape index (κ1) is 8.87. The van der Waals surface area contributed by atoms with E-state index in [0.717, 1.165) is 6.92 Å². The second-order valence-corrected chi connectivity index (χ2v) is 3.27. The number of halogens is 2. The number of piperidine rings is 1. The summed E-state index contributed by atoms with van der Waals surface area (Å²) >= 11 is 0. The Balaban J connectivity index is 2.39. The van der Waals surface area contributed by atoms with E-state index in [-0.39, 0.29) is 0 Å². The zero-order valence-electron chi connectivity index (χ0n) is 6.69. The Hall–Kier alpha value is -0.220. The van der Waals surface area contributed by atoms with E-state index >= 15 is 0 Å². The minimum atomic E-state index is -2.53. The fourth-order valence-electron chi connectivity index (χ4n) is 1.41. The van der Waals surface area contributed by atoms with Crippen LogP contribution in [0, 0.1) is 5.92 Å². The first-order chi connectivity index (χ1) is 5.00. The zero-order chi connectivity index (χ0) is 8.48. The van der Waals surface area contributed by atoms with Gasteiger partial charge >= 0.3 is 0 Å². The van der Waals surface area contributed by atoms with E-state index in [0.29, 0.717) is 25.9 Å². The highest BCUT2D eigenvalue weighted by Crippen LogP contribution is 2.31. The molecule has 1 aliphatic rings. The van der Waals surface area contributed by atoms with Crippen LogP contribution in [0.1, 0.15) is 19.8 Å². The molecule has 1 heterocycles. The van der Waals surface area contributed by atoms with Crippen LogP contribution in [0.4, 0.5) is 8.78 Å². The third kappa shape index (κ3) is 2.38. The van der Waals surface area contributed by atoms with Gasteiger partial charge in [-0.2, -0.15) is 0 Å². The molecule has 1 saturated heterocycles. The molecule has 0 aromatic carbocycles. The molecule has 2 nitrogen and oxygen atoms in total. The Morgan fingerprint density at radius 2 is 1.82 bits per heavy atom. The SMILES string of the molecule is CC(F)(F)C1CCN(N)CC1. The van der Waals surface area contributed by atoms with Crippen LogP contribution in [-0.4, -0.2) is 24.0 Å². The molecule has 0 amide bonds. The topological polar surface area (TPSA) is 29.3 Å². The maximum atomic E-state index is 12.7. The van der Waals surface area contributed by atoms with Gasteiger partial charge in [0.25, 0.3) is 0 Å². The summed E-state index contributed by atoms with van der Waals surface area (Å²) in [5.41, 5.74) is 0. The van der Waals surface area contributed by atoms with Crippen molar-refractivity contribution in [3.05, 3.63) is 0 Å². The molecular formula is C7H14F2N2. The van der Waals surface area contributed by atoms with Crippen LogP contribution in [0.2, 0.25) is 0 Å². The van der Waals surface area contributed by atoms with Crippen molar-refractivity contribution in [1.82, 2.24) is 5.01 Å². The summed E-state index contributed by atoms with van der Waals surface area (Å²) in [6.45, 7) is 2.17. The highest BCUT2D eigenvalue weighted by molar-refractivity contribution is 4.77. The highest BCUT2D eigenvalue weighted by Gasteiger charge is 2.35. The van der Waals surface area contributed by atoms with E-state index in [2.05, 4.69) is 0 Å². The average Bonchev–Trinajstić information content (AvgIpc) is 1.86. The molecule has 2 N–H and O–H groups in total. The Morgan fingerprint density at radius 3 is 2.18 bits per heavy atom. The number of alkyl halides is 2. The van der Waals surface area contributed by atoms with Crippen LogP contribution in [-0.2, 0) is 0 Å². The quantitative estimate of drug-likeness (QED) is 0.590. The summed E-state index contributed by atoms with van der Waals surface area (Å²) in [7, 11) is 0. The molecule has 0 aliphatic carbocycles. The molecule has 0 saturated carbocycles. The number of nitrogens with two attached hydrogens (primary N) is 1. The summed E-state index contributed by atoms with van der Waals surface area (Å²) in [5, 5.41) is 1.60. The molecule has 0 bridgehead atoms. The van der Waals surface area contributed by atoms with Crippen LogP contribution in [0.15, 0.2) is 0 Å². The van der Waals surface area contributed by atoms with Gasteiger partial charge in [-0.1, -0.05) is 0 Å². The maximum Gasteiger partial charge on any atom is 0.248 e. The predicted octanol–water partition coefficient (Wildman–Crippen LogP) is 1.23. The second kappa shape index (κ2) is 3.03. The average molecular weight is 164 g/mol. The summed E-state index contributed by atoms with van der Waals surface area (Å²) in [6, 6.07) is 0. The van der Waals surface area contributed by atoms with Crippen LogP contribution in [0.25, 0.3) is 0 Å². The summed E-state index contributed by atoms with van der Waals surface area (Å²) in [5.74, 6) is 2.43. The lowest BCUT2D eigenvalue weighted by Gasteiger charge is -2.31. The van der Waals surface area contributed by atoms with Crippen molar-refractivity contribution >= 4 is 0 Å². The van der Waals surface area contributed by atoms with Crippen LogP contribution >= 0.6 is 0 Å². The van der Waals surface area contributed by atoms with Gasteiger partial charge in [-0.3, -0.25) is 5.84 Å². The van der Waals surface area contributed by atoms with Crippen molar-refractivity contribution in [3.8, 4) is 0 Å². The Labute approximate surface area is 65.3 Å². The van der Waals surface area contributed by atoms with Gasteiger partial charge in [0, 0.05) is 19.0 Å². The molecule has 66 valence electrons. The molecule has 0 spiro atoms. The van der Waals surface area contributed by atoms with Crippen molar-refractivity contribution in [2.45, 2.75) is 25.7 Å². The molecule has 0 aromatic heterocycles. The Morgan fingerprint density at radius 1 is 1.36 bits per heavy atom. The van der Waals surface area contributed by atoms with Crippen LogP contribution in [0.3, 0.4) is 0 Å². The first-order valence-corrected chi connectivity index (χ1v) is 3.87. The zero-order valence-corrected chi connectivity index (χ0v) is 6.69. The third-order valence-electron chi connectivity index (χ3n) is 2.25. The Bertz CT molecular complexity index is 125. The summed E-state index contributed by atoms with van der Waals surface area (Å²) in [4.78, 5) is 0. The molecule has 0 aromatic rings. The largest absolute Gasteiger partial charge is 0.269 e. The fraction of sp³-hybridized carbons (Fsp3) is 1.00. The number of hydrogen-bond donors (Lipinski definition) is 1. The summed E-state index contributed by atoms with van der Waals surface area (Å²) in [6.07, 6.45) is 1.03. The van der Waals surface area contributed by atoms with Gasteiger partial charge in [-0.25, -0.2) is 13.8 Å². The first-order valence-electron chi connectivity index (χ1n) is 3.87. The van der Waals surface area contributed by atoms with Gasteiger partial charge in [0.1, 0.15) is 0 Å². The van der Waals surface area contributed by atoms with Crippen LogP contribution < -0.4 is 5.84 Å². The van der Waals surface area contributed by atoms with E-state index in [4.69, 9.17) is 5.84 Å². The lowest BCUT2D eigenvalue weighted by molar-refractivity contribution is -0.0620.